The van der Waals surface area contributed by atoms with Crippen molar-refractivity contribution in [2.24, 2.45) is 0 Å². The number of nitrogens with one attached hydrogen (secondary N) is 1. The molecule has 0 saturated carbocycles. The smallest absolute Gasteiger partial charge is 0.322 e. The zero-order chi connectivity index (χ0) is 23.8. The molecule has 0 aliphatic carbocycles. The number of carbonyl (C=O) groups excluding carboxylic acids is 1. The van der Waals surface area contributed by atoms with Gasteiger partial charge in [0.2, 0.25) is 10.0 Å². The van der Waals surface area contributed by atoms with Gasteiger partial charge in [-0.25, -0.2) is 12.8 Å². The number of rotatable bonds is 4. The van der Waals surface area contributed by atoms with Gasteiger partial charge >= 0.3 is 6.18 Å². The Bertz CT molecular complexity index is 1310. The van der Waals surface area contributed by atoms with Crippen molar-refractivity contribution >= 4 is 21.6 Å². The molecule has 0 bridgehead atoms. The highest BCUT2D eigenvalue weighted by atomic mass is 32.2. The highest BCUT2D eigenvalue weighted by Crippen LogP contribution is 2.30. The second kappa shape index (κ2) is 8.60. The van der Waals surface area contributed by atoms with Gasteiger partial charge < -0.3 is 5.32 Å². The molecule has 1 aliphatic rings. The van der Waals surface area contributed by atoms with Crippen molar-refractivity contribution < 1.29 is 30.8 Å². The number of nitrogens with zero attached hydrogens (tertiary/aromatic N) is 1. The first-order chi connectivity index (χ1) is 15.6. The fourth-order valence-corrected chi connectivity index (χ4v) is 5.05. The van der Waals surface area contributed by atoms with Gasteiger partial charge in [-0.15, -0.1) is 0 Å². The Morgan fingerprint density at radius 3 is 2.27 bits per heavy atom. The molecule has 33 heavy (non-hydrogen) atoms. The van der Waals surface area contributed by atoms with E-state index < -0.39 is 39.1 Å². The van der Waals surface area contributed by atoms with E-state index in [1.54, 1.807) is 0 Å². The van der Waals surface area contributed by atoms with E-state index in [0.717, 1.165) is 53.6 Å². The van der Waals surface area contributed by atoms with Crippen LogP contribution < -0.4 is 5.32 Å². The number of fused-ring (bicyclic) bond motifs is 1. The summed E-state index contributed by atoms with van der Waals surface area (Å²) in [7, 11) is -4.01. The monoisotopic (exact) mass is 478 g/mol. The van der Waals surface area contributed by atoms with E-state index in [-0.39, 0.29) is 23.7 Å². The van der Waals surface area contributed by atoms with Gasteiger partial charge in [0.25, 0.3) is 5.91 Å². The maximum absolute atomic E-state index is 14.4. The average Bonchev–Trinajstić information content (AvgIpc) is 2.78. The second-order valence-corrected chi connectivity index (χ2v) is 9.47. The number of benzene rings is 3. The first-order valence-corrected chi connectivity index (χ1v) is 11.3. The highest BCUT2D eigenvalue weighted by molar-refractivity contribution is 7.89. The summed E-state index contributed by atoms with van der Waals surface area (Å²) >= 11 is 0. The van der Waals surface area contributed by atoms with E-state index in [4.69, 9.17) is 0 Å². The largest absolute Gasteiger partial charge is 0.416 e. The number of hydrogen-bond donors (Lipinski definition) is 1. The van der Waals surface area contributed by atoms with Crippen LogP contribution in [0.2, 0.25) is 0 Å². The molecule has 1 N–H and O–H groups in total. The Morgan fingerprint density at radius 2 is 1.61 bits per heavy atom. The fourth-order valence-electron chi connectivity index (χ4n) is 3.60. The summed E-state index contributed by atoms with van der Waals surface area (Å²) in [6.07, 6.45) is -4.01. The summed E-state index contributed by atoms with van der Waals surface area (Å²) in [5.41, 5.74) is 0.499. The number of anilines is 1. The normalized spacial score (nSPS) is 14.5. The van der Waals surface area contributed by atoms with Crippen LogP contribution in [-0.4, -0.2) is 25.2 Å². The van der Waals surface area contributed by atoms with Crippen LogP contribution in [0.5, 0.6) is 0 Å². The summed E-state index contributed by atoms with van der Waals surface area (Å²) in [5, 5.41) is 2.29. The molecule has 1 heterocycles. The SMILES string of the molecule is O=C(Nc1ccc(C(F)(F)F)cc1)c1cc(S(=O)(=O)N2CCc3ccccc3C2)ccc1F. The predicted octanol–water partition coefficient (Wildman–Crippen LogP) is 4.84. The lowest BCUT2D eigenvalue weighted by molar-refractivity contribution is -0.137. The zero-order valence-corrected chi connectivity index (χ0v) is 17.9. The molecule has 0 radical (unpaired) electrons. The predicted molar refractivity (Wildman–Crippen MR) is 114 cm³/mol. The van der Waals surface area contributed by atoms with E-state index in [9.17, 15) is 30.8 Å². The van der Waals surface area contributed by atoms with E-state index in [2.05, 4.69) is 5.32 Å². The maximum Gasteiger partial charge on any atom is 0.416 e. The van der Waals surface area contributed by atoms with Gasteiger partial charge in [-0.1, -0.05) is 24.3 Å². The lowest BCUT2D eigenvalue weighted by atomic mass is 10.0. The molecule has 10 heteroatoms. The lowest BCUT2D eigenvalue weighted by Gasteiger charge is -2.28. The van der Waals surface area contributed by atoms with Crippen LogP contribution in [0.3, 0.4) is 0 Å². The molecule has 0 aromatic heterocycles. The molecular formula is C23H18F4N2O3S. The Labute approximate surface area is 187 Å². The van der Waals surface area contributed by atoms with Crippen molar-refractivity contribution in [3.8, 4) is 0 Å². The van der Waals surface area contributed by atoms with Crippen molar-refractivity contribution in [2.75, 3.05) is 11.9 Å². The summed E-state index contributed by atoms with van der Waals surface area (Å²) < 4.78 is 80.0. The number of carbonyl (C=O) groups is 1. The number of hydrogen-bond acceptors (Lipinski definition) is 3. The van der Waals surface area contributed by atoms with Crippen LogP contribution in [0.4, 0.5) is 23.2 Å². The van der Waals surface area contributed by atoms with Crippen molar-refractivity contribution in [2.45, 2.75) is 24.0 Å². The first kappa shape index (κ1) is 22.9. The number of sulfonamides is 1. The van der Waals surface area contributed by atoms with Crippen LogP contribution in [0.15, 0.2) is 71.6 Å². The summed E-state index contributed by atoms with van der Waals surface area (Å²) in [5.74, 6) is -1.93. The Morgan fingerprint density at radius 1 is 0.939 bits per heavy atom. The first-order valence-electron chi connectivity index (χ1n) is 9.91. The molecule has 0 unspecified atom stereocenters. The van der Waals surface area contributed by atoms with Gasteiger partial charge in [0.15, 0.2) is 0 Å². The van der Waals surface area contributed by atoms with Crippen LogP contribution in [0.1, 0.15) is 27.0 Å². The van der Waals surface area contributed by atoms with Crippen LogP contribution >= 0.6 is 0 Å². The third kappa shape index (κ3) is 4.76. The Balaban J connectivity index is 1.57. The standard InChI is InChI=1S/C23H18F4N2O3S/c24-21-10-9-19(33(31,32)29-12-11-15-3-1-2-4-16(15)14-29)13-20(21)22(30)28-18-7-5-17(6-8-18)23(25,26)27/h1-10,13H,11-12,14H2,(H,28,30). The number of alkyl halides is 3. The van der Waals surface area contributed by atoms with Crippen LogP contribution in [0, 0.1) is 5.82 Å². The highest BCUT2D eigenvalue weighted by Gasteiger charge is 2.31. The molecule has 5 nitrogen and oxygen atoms in total. The maximum atomic E-state index is 14.4. The molecule has 3 aromatic rings. The second-order valence-electron chi connectivity index (χ2n) is 7.53. The molecule has 3 aromatic carbocycles. The molecule has 172 valence electrons. The molecule has 1 aliphatic heterocycles. The minimum Gasteiger partial charge on any atom is -0.322 e. The van der Waals surface area contributed by atoms with E-state index in [1.807, 2.05) is 24.3 Å². The average molecular weight is 478 g/mol. The third-order valence-corrected chi connectivity index (χ3v) is 7.23. The van der Waals surface area contributed by atoms with Crippen LogP contribution in [0.25, 0.3) is 0 Å². The lowest BCUT2D eigenvalue weighted by Crippen LogP contribution is -2.36. The summed E-state index contributed by atoms with van der Waals surface area (Å²) in [4.78, 5) is 12.3. The quantitative estimate of drug-likeness (QED) is 0.546. The molecule has 0 spiro atoms. The number of halogens is 4. The molecule has 4 rings (SSSR count). The van der Waals surface area contributed by atoms with E-state index in [1.165, 1.54) is 4.31 Å². The summed E-state index contributed by atoms with van der Waals surface area (Å²) in [6.45, 7) is 0.396. The summed E-state index contributed by atoms with van der Waals surface area (Å²) in [6, 6.07) is 14.0. The Hall–Kier alpha value is -3.24. The molecule has 0 fully saturated rings. The van der Waals surface area contributed by atoms with Gasteiger partial charge in [0.05, 0.1) is 16.0 Å². The van der Waals surface area contributed by atoms with Gasteiger partial charge in [0, 0.05) is 18.8 Å². The van der Waals surface area contributed by atoms with Crippen molar-refractivity contribution in [1.82, 2.24) is 4.31 Å². The van der Waals surface area contributed by atoms with E-state index in [0.29, 0.717) is 6.42 Å². The number of amides is 1. The minimum atomic E-state index is -4.54. The van der Waals surface area contributed by atoms with Gasteiger partial charge in [-0.2, -0.15) is 17.5 Å². The topological polar surface area (TPSA) is 66.5 Å². The molecule has 0 atom stereocenters. The molecular weight excluding hydrogens is 460 g/mol. The van der Waals surface area contributed by atoms with Crippen molar-refractivity contribution in [3.63, 3.8) is 0 Å². The Kier molecular flexibility index (Phi) is 5.98. The van der Waals surface area contributed by atoms with Crippen molar-refractivity contribution in [3.05, 3.63) is 94.8 Å². The zero-order valence-electron chi connectivity index (χ0n) is 17.1. The van der Waals surface area contributed by atoms with Gasteiger partial charge in [0.1, 0.15) is 5.82 Å². The molecule has 1 amide bonds. The van der Waals surface area contributed by atoms with Gasteiger partial charge in [-0.05, 0) is 60.0 Å². The fraction of sp³-hybridized carbons (Fsp3) is 0.174. The van der Waals surface area contributed by atoms with E-state index >= 15 is 0 Å². The minimum absolute atomic E-state index is 0.00768. The van der Waals surface area contributed by atoms with Crippen molar-refractivity contribution in [1.29, 1.82) is 0 Å². The van der Waals surface area contributed by atoms with Crippen LogP contribution in [-0.2, 0) is 29.2 Å². The van der Waals surface area contributed by atoms with Gasteiger partial charge in [-0.3, -0.25) is 4.79 Å². The molecule has 0 saturated heterocycles. The third-order valence-electron chi connectivity index (χ3n) is 5.39.